The SMILES string of the molecule is CCN(CC)Cc1ccc(C(=O)NNC(=O)c2ccc(S(=O)(=O)NC(C)C)cc2)o1. The van der Waals surface area contributed by atoms with Crippen LogP contribution in [0.2, 0.25) is 0 Å². The number of nitrogens with zero attached hydrogens (tertiary/aromatic N) is 1. The molecule has 0 saturated heterocycles. The molecule has 0 radical (unpaired) electrons. The van der Waals surface area contributed by atoms with Gasteiger partial charge in [-0.05, 0) is 63.3 Å². The van der Waals surface area contributed by atoms with Crippen LogP contribution in [0.3, 0.4) is 0 Å². The van der Waals surface area contributed by atoms with Crippen molar-refractivity contribution < 1.29 is 22.4 Å². The average Bonchev–Trinajstić information content (AvgIpc) is 3.17. The Morgan fingerprint density at radius 3 is 2.13 bits per heavy atom. The summed E-state index contributed by atoms with van der Waals surface area (Å²) in [6.07, 6.45) is 0. The van der Waals surface area contributed by atoms with Gasteiger partial charge < -0.3 is 4.42 Å². The Labute approximate surface area is 176 Å². The summed E-state index contributed by atoms with van der Waals surface area (Å²) in [7, 11) is -3.64. The second-order valence-electron chi connectivity index (χ2n) is 6.94. The van der Waals surface area contributed by atoms with Gasteiger partial charge in [0.1, 0.15) is 5.76 Å². The van der Waals surface area contributed by atoms with E-state index in [0.29, 0.717) is 12.3 Å². The molecule has 9 nitrogen and oxygen atoms in total. The molecule has 1 aromatic heterocycles. The smallest absolute Gasteiger partial charge is 0.305 e. The fourth-order valence-corrected chi connectivity index (χ4v) is 3.91. The third kappa shape index (κ3) is 6.41. The summed E-state index contributed by atoms with van der Waals surface area (Å²) in [5, 5.41) is 0. The Morgan fingerprint density at radius 1 is 0.967 bits per heavy atom. The predicted octanol–water partition coefficient (Wildman–Crippen LogP) is 1.88. The maximum absolute atomic E-state index is 12.2. The van der Waals surface area contributed by atoms with Gasteiger partial charge >= 0.3 is 5.91 Å². The molecule has 0 unspecified atom stereocenters. The molecule has 0 aliphatic heterocycles. The monoisotopic (exact) mass is 436 g/mol. The van der Waals surface area contributed by atoms with Crippen LogP contribution in [0.1, 0.15) is 54.4 Å². The number of furan rings is 1. The lowest BCUT2D eigenvalue weighted by atomic mass is 10.2. The van der Waals surface area contributed by atoms with Crippen molar-refractivity contribution in [3.8, 4) is 0 Å². The van der Waals surface area contributed by atoms with Gasteiger partial charge in [-0.15, -0.1) is 0 Å². The van der Waals surface area contributed by atoms with Gasteiger partial charge in [-0.1, -0.05) is 13.8 Å². The van der Waals surface area contributed by atoms with E-state index < -0.39 is 21.8 Å². The molecule has 2 amide bonds. The van der Waals surface area contributed by atoms with E-state index in [-0.39, 0.29) is 22.3 Å². The number of carbonyl (C=O) groups excluding carboxylic acids is 2. The van der Waals surface area contributed by atoms with Gasteiger partial charge in [0.05, 0.1) is 11.4 Å². The largest absolute Gasteiger partial charge is 0.454 e. The molecule has 0 atom stereocenters. The molecule has 10 heteroatoms. The standard InChI is InChI=1S/C20H28N4O5S/c1-5-24(6-2)13-16-9-12-18(29-16)20(26)22-21-19(25)15-7-10-17(11-8-15)30(27,28)23-14(3)4/h7-12,14,23H,5-6,13H2,1-4H3,(H,21,25)(H,22,26). The molecule has 164 valence electrons. The maximum atomic E-state index is 12.2. The third-order valence-electron chi connectivity index (χ3n) is 4.27. The topological polar surface area (TPSA) is 121 Å². The predicted molar refractivity (Wildman–Crippen MR) is 112 cm³/mol. The van der Waals surface area contributed by atoms with Crippen LogP contribution in [0.5, 0.6) is 0 Å². The molecule has 0 aliphatic rings. The number of nitrogens with one attached hydrogen (secondary N) is 3. The highest BCUT2D eigenvalue weighted by Crippen LogP contribution is 2.12. The fourth-order valence-electron chi connectivity index (χ4n) is 2.66. The lowest BCUT2D eigenvalue weighted by molar-refractivity contribution is 0.0829. The normalized spacial score (nSPS) is 11.7. The van der Waals surface area contributed by atoms with Crippen molar-refractivity contribution in [2.75, 3.05) is 13.1 Å². The van der Waals surface area contributed by atoms with Gasteiger partial charge in [-0.2, -0.15) is 0 Å². The number of sulfonamides is 1. The van der Waals surface area contributed by atoms with Crippen molar-refractivity contribution in [3.63, 3.8) is 0 Å². The van der Waals surface area contributed by atoms with Gasteiger partial charge in [0.25, 0.3) is 5.91 Å². The van der Waals surface area contributed by atoms with E-state index >= 15 is 0 Å². The van der Waals surface area contributed by atoms with Crippen LogP contribution in [0.25, 0.3) is 0 Å². The molecule has 0 saturated carbocycles. The highest BCUT2D eigenvalue weighted by Gasteiger charge is 2.17. The minimum Gasteiger partial charge on any atom is -0.454 e. The van der Waals surface area contributed by atoms with Crippen molar-refractivity contribution in [2.24, 2.45) is 0 Å². The minimum atomic E-state index is -3.64. The van der Waals surface area contributed by atoms with Gasteiger partial charge in [0.2, 0.25) is 10.0 Å². The van der Waals surface area contributed by atoms with Crippen LogP contribution >= 0.6 is 0 Å². The second-order valence-corrected chi connectivity index (χ2v) is 8.65. The van der Waals surface area contributed by atoms with Crippen LogP contribution in [0, 0.1) is 0 Å². The van der Waals surface area contributed by atoms with Crippen molar-refractivity contribution in [1.29, 1.82) is 0 Å². The molecule has 2 rings (SSSR count). The lowest BCUT2D eigenvalue weighted by Gasteiger charge is -2.15. The number of carbonyl (C=O) groups is 2. The van der Waals surface area contributed by atoms with Gasteiger partial charge in [0, 0.05) is 11.6 Å². The van der Waals surface area contributed by atoms with Gasteiger partial charge in [0.15, 0.2) is 5.76 Å². The first-order valence-electron chi connectivity index (χ1n) is 9.70. The second kappa shape index (κ2) is 10.4. The number of benzene rings is 1. The summed E-state index contributed by atoms with van der Waals surface area (Å²) in [4.78, 5) is 26.6. The minimum absolute atomic E-state index is 0.0492. The lowest BCUT2D eigenvalue weighted by Crippen LogP contribution is -2.41. The number of amides is 2. The van der Waals surface area contributed by atoms with E-state index in [9.17, 15) is 18.0 Å². The zero-order valence-corrected chi connectivity index (χ0v) is 18.4. The Hall–Kier alpha value is -2.69. The summed E-state index contributed by atoms with van der Waals surface area (Å²) in [5.41, 5.74) is 4.77. The summed E-state index contributed by atoms with van der Waals surface area (Å²) in [5.74, 6) is -0.436. The molecular weight excluding hydrogens is 408 g/mol. The maximum Gasteiger partial charge on any atom is 0.305 e. The van der Waals surface area contributed by atoms with Crippen molar-refractivity contribution in [3.05, 3.63) is 53.5 Å². The molecule has 1 heterocycles. The fraction of sp³-hybridized carbons (Fsp3) is 0.400. The number of rotatable bonds is 9. The van der Waals surface area contributed by atoms with Crippen LogP contribution in [-0.2, 0) is 16.6 Å². The highest BCUT2D eigenvalue weighted by atomic mass is 32.2. The van der Waals surface area contributed by atoms with Crippen molar-refractivity contribution in [2.45, 2.75) is 45.2 Å². The van der Waals surface area contributed by atoms with E-state index in [1.807, 2.05) is 13.8 Å². The molecule has 1 aromatic carbocycles. The molecule has 3 N–H and O–H groups in total. The molecular formula is C20H28N4O5S. The number of hydrazine groups is 1. The summed E-state index contributed by atoms with van der Waals surface area (Å²) in [6, 6.07) is 8.40. The zero-order valence-electron chi connectivity index (χ0n) is 17.6. The van der Waals surface area contributed by atoms with Crippen LogP contribution in [-0.4, -0.2) is 44.3 Å². The summed E-state index contributed by atoms with van der Waals surface area (Å²) < 4.78 is 32.2. The van der Waals surface area contributed by atoms with E-state index in [4.69, 9.17) is 4.42 Å². The van der Waals surface area contributed by atoms with Crippen LogP contribution in [0.4, 0.5) is 0 Å². The zero-order chi connectivity index (χ0) is 22.3. The Kier molecular flexibility index (Phi) is 8.16. The van der Waals surface area contributed by atoms with Crippen molar-refractivity contribution >= 4 is 21.8 Å². The summed E-state index contributed by atoms with van der Waals surface area (Å²) >= 11 is 0. The van der Waals surface area contributed by atoms with E-state index in [0.717, 1.165) is 13.1 Å². The number of hydrogen-bond donors (Lipinski definition) is 3. The van der Waals surface area contributed by atoms with Gasteiger partial charge in [-0.25, -0.2) is 13.1 Å². The van der Waals surface area contributed by atoms with Crippen molar-refractivity contribution in [1.82, 2.24) is 20.5 Å². The van der Waals surface area contributed by atoms with Gasteiger partial charge in [-0.3, -0.25) is 25.3 Å². The van der Waals surface area contributed by atoms with E-state index in [2.05, 4.69) is 20.5 Å². The number of hydrogen-bond acceptors (Lipinski definition) is 6. The van der Waals surface area contributed by atoms with E-state index in [1.54, 1.807) is 26.0 Å². The quantitative estimate of drug-likeness (QED) is 0.516. The molecule has 0 spiro atoms. The Morgan fingerprint density at radius 2 is 1.57 bits per heavy atom. The molecule has 0 bridgehead atoms. The van der Waals surface area contributed by atoms with Crippen LogP contribution in [0.15, 0.2) is 45.7 Å². The Bertz CT molecular complexity index is 963. The van der Waals surface area contributed by atoms with Crippen LogP contribution < -0.4 is 15.6 Å². The highest BCUT2D eigenvalue weighted by molar-refractivity contribution is 7.89. The first kappa shape index (κ1) is 23.6. The summed E-state index contributed by atoms with van der Waals surface area (Å²) in [6.45, 7) is 9.83. The molecule has 2 aromatic rings. The third-order valence-corrected chi connectivity index (χ3v) is 5.94. The average molecular weight is 437 g/mol. The Balaban J connectivity index is 1.94. The molecule has 0 fully saturated rings. The first-order valence-corrected chi connectivity index (χ1v) is 11.2. The molecule has 0 aliphatic carbocycles. The molecule has 30 heavy (non-hydrogen) atoms. The first-order chi connectivity index (χ1) is 14.2. The van der Waals surface area contributed by atoms with E-state index in [1.165, 1.54) is 24.3 Å².